The molecule has 1 heteroatoms. The summed E-state index contributed by atoms with van der Waals surface area (Å²) in [6.45, 7) is 10.5. The normalized spacial score (nSPS) is 14.1. The molecule has 0 saturated heterocycles. The lowest BCUT2D eigenvalue weighted by molar-refractivity contribution is -0.104. The highest BCUT2D eigenvalue weighted by molar-refractivity contribution is 5.75. The predicted octanol–water partition coefficient (Wildman–Crippen LogP) is 5.61. The molecule has 0 atom stereocenters. The van der Waals surface area contributed by atoms with Crippen molar-refractivity contribution in [1.29, 1.82) is 0 Å². The topological polar surface area (TPSA) is 17.1 Å². The lowest BCUT2D eigenvalue weighted by Gasteiger charge is -2.10. The van der Waals surface area contributed by atoms with Crippen LogP contribution in [0, 0.1) is 0 Å². The number of allylic oxidation sites excluding steroid dienone is 4. The smallest absolute Gasteiger partial charge is 0.146 e. The van der Waals surface area contributed by atoms with Crippen LogP contribution in [0.25, 0.3) is 0 Å². The molecule has 0 rings (SSSR count). The molecule has 0 unspecified atom stereocenters. The number of hydrogen-bond donors (Lipinski definition) is 0. The number of carbonyl (C=O) groups excluding carboxylic acids is 1. The van der Waals surface area contributed by atoms with Gasteiger partial charge >= 0.3 is 0 Å². The molecule has 1 nitrogen and oxygen atoms in total. The van der Waals surface area contributed by atoms with E-state index in [1.165, 1.54) is 56.1 Å². The van der Waals surface area contributed by atoms with Crippen molar-refractivity contribution in [3.8, 4) is 0 Å². The molecule has 0 fully saturated rings. The van der Waals surface area contributed by atoms with Crippen LogP contribution < -0.4 is 0 Å². The van der Waals surface area contributed by atoms with Gasteiger partial charge in [-0.25, -0.2) is 0 Å². The van der Waals surface area contributed by atoms with E-state index in [4.69, 9.17) is 0 Å². The van der Waals surface area contributed by atoms with Crippen molar-refractivity contribution in [3.63, 3.8) is 0 Å². The van der Waals surface area contributed by atoms with E-state index >= 15 is 0 Å². The fourth-order valence-corrected chi connectivity index (χ4v) is 2.06. The van der Waals surface area contributed by atoms with Crippen LogP contribution in [-0.2, 0) is 4.79 Å². The van der Waals surface area contributed by atoms with Crippen molar-refractivity contribution in [2.75, 3.05) is 0 Å². The minimum Gasteiger partial charge on any atom is -0.298 e. The Morgan fingerprint density at radius 2 is 1.39 bits per heavy atom. The Morgan fingerprint density at radius 3 is 1.94 bits per heavy atom. The molecule has 0 saturated carbocycles. The van der Waals surface area contributed by atoms with E-state index in [1.54, 1.807) is 0 Å². The van der Waals surface area contributed by atoms with Crippen molar-refractivity contribution in [3.05, 3.63) is 22.3 Å². The van der Waals surface area contributed by atoms with Crippen molar-refractivity contribution < 1.29 is 4.79 Å². The largest absolute Gasteiger partial charge is 0.298 e. The molecule has 0 spiro atoms. The second-order valence-corrected chi connectivity index (χ2v) is 5.35. The summed E-state index contributed by atoms with van der Waals surface area (Å²) in [6.07, 6.45) is 10.2. The van der Waals surface area contributed by atoms with Gasteiger partial charge in [-0.3, -0.25) is 4.79 Å². The summed E-state index contributed by atoms with van der Waals surface area (Å²) in [4.78, 5) is 10.8. The van der Waals surface area contributed by atoms with E-state index in [0.717, 1.165) is 17.4 Å². The van der Waals surface area contributed by atoms with Gasteiger partial charge in [0, 0.05) is 0 Å². The van der Waals surface area contributed by atoms with E-state index in [2.05, 4.69) is 20.8 Å². The Hall–Kier alpha value is -0.850. The van der Waals surface area contributed by atoms with E-state index < -0.39 is 0 Å². The van der Waals surface area contributed by atoms with Crippen molar-refractivity contribution >= 4 is 6.29 Å². The molecule has 0 heterocycles. The first-order chi connectivity index (χ1) is 8.54. The van der Waals surface area contributed by atoms with Crippen LogP contribution in [-0.4, -0.2) is 6.29 Å². The van der Waals surface area contributed by atoms with E-state index in [1.807, 2.05) is 13.8 Å². The molecule has 18 heavy (non-hydrogen) atoms. The number of unbranched alkanes of at least 4 members (excludes halogenated alkanes) is 5. The highest BCUT2D eigenvalue weighted by Crippen LogP contribution is 2.21. The first kappa shape index (κ1) is 17.2. The Kier molecular flexibility index (Phi) is 9.63. The van der Waals surface area contributed by atoms with Gasteiger partial charge in [-0.1, -0.05) is 44.6 Å². The number of carbonyl (C=O) groups is 1. The highest BCUT2D eigenvalue weighted by atomic mass is 16.1. The predicted molar refractivity (Wildman–Crippen MR) is 80.8 cm³/mol. The maximum Gasteiger partial charge on any atom is 0.146 e. The quantitative estimate of drug-likeness (QED) is 0.225. The average molecular weight is 250 g/mol. The van der Waals surface area contributed by atoms with Gasteiger partial charge in [-0.05, 0) is 57.3 Å². The average Bonchev–Trinajstić information content (AvgIpc) is 2.39. The van der Waals surface area contributed by atoms with Crippen LogP contribution in [0.1, 0.15) is 79.6 Å². The lowest BCUT2D eigenvalue weighted by atomic mass is 9.96. The third-order valence-corrected chi connectivity index (χ3v) is 3.88. The van der Waals surface area contributed by atoms with Gasteiger partial charge in [0.2, 0.25) is 0 Å². The van der Waals surface area contributed by atoms with Crippen LogP contribution in [0.3, 0.4) is 0 Å². The molecule has 0 amide bonds. The zero-order valence-electron chi connectivity index (χ0n) is 12.9. The van der Waals surface area contributed by atoms with Crippen LogP contribution in [0.2, 0.25) is 0 Å². The molecular formula is C17H30O. The second kappa shape index (κ2) is 10.1. The highest BCUT2D eigenvalue weighted by Gasteiger charge is 2.03. The van der Waals surface area contributed by atoms with Gasteiger partial charge < -0.3 is 0 Å². The summed E-state index contributed by atoms with van der Waals surface area (Å²) >= 11 is 0. The van der Waals surface area contributed by atoms with Crippen LogP contribution in [0.15, 0.2) is 22.3 Å². The molecule has 0 aromatic heterocycles. The van der Waals surface area contributed by atoms with E-state index in [0.29, 0.717) is 0 Å². The standard InChI is InChI=1S/C17H30O/c1-6-7-8-9-10-11-12-14(2)16(4)17(5)15(3)13-18/h13H,6-12H2,1-5H3. The molecule has 0 aliphatic heterocycles. The summed E-state index contributed by atoms with van der Waals surface area (Å²) in [6, 6.07) is 0. The molecule has 0 aliphatic rings. The molecular weight excluding hydrogens is 220 g/mol. The molecule has 0 radical (unpaired) electrons. The lowest BCUT2D eigenvalue weighted by Crippen LogP contribution is -1.92. The number of aldehydes is 1. The SMILES string of the molecule is CCCCCCCCC(C)=C(C)C(C)=C(C)C=O. The van der Waals surface area contributed by atoms with Gasteiger partial charge in [0.15, 0.2) is 0 Å². The molecule has 0 aliphatic carbocycles. The minimum atomic E-state index is 0.856. The summed E-state index contributed by atoms with van der Waals surface area (Å²) in [5, 5.41) is 0. The second-order valence-electron chi connectivity index (χ2n) is 5.35. The van der Waals surface area contributed by atoms with Gasteiger partial charge in [-0.15, -0.1) is 0 Å². The van der Waals surface area contributed by atoms with E-state index in [-0.39, 0.29) is 0 Å². The first-order valence-electron chi connectivity index (χ1n) is 7.34. The Balaban J connectivity index is 4.14. The van der Waals surface area contributed by atoms with Gasteiger partial charge in [0.25, 0.3) is 0 Å². The van der Waals surface area contributed by atoms with Crippen LogP contribution >= 0.6 is 0 Å². The third kappa shape index (κ3) is 6.78. The third-order valence-electron chi connectivity index (χ3n) is 3.88. The maximum absolute atomic E-state index is 10.8. The Morgan fingerprint density at radius 1 is 0.833 bits per heavy atom. The molecule has 0 aromatic rings. The molecule has 0 N–H and O–H groups in total. The summed E-state index contributed by atoms with van der Waals surface area (Å²) in [5.74, 6) is 0. The zero-order valence-corrected chi connectivity index (χ0v) is 12.9. The zero-order chi connectivity index (χ0) is 14.0. The van der Waals surface area contributed by atoms with Gasteiger partial charge in [0.1, 0.15) is 6.29 Å². The van der Waals surface area contributed by atoms with E-state index in [9.17, 15) is 4.79 Å². The minimum absolute atomic E-state index is 0.856. The van der Waals surface area contributed by atoms with Gasteiger partial charge in [0.05, 0.1) is 0 Å². The maximum atomic E-state index is 10.8. The summed E-state index contributed by atoms with van der Waals surface area (Å²) in [5.41, 5.74) is 4.74. The van der Waals surface area contributed by atoms with Crippen molar-refractivity contribution in [2.24, 2.45) is 0 Å². The number of hydrogen-bond acceptors (Lipinski definition) is 1. The summed E-state index contributed by atoms with van der Waals surface area (Å²) in [7, 11) is 0. The molecule has 0 bridgehead atoms. The van der Waals surface area contributed by atoms with Gasteiger partial charge in [-0.2, -0.15) is 0 Å². The van der Waals surface area contributed by atoms with Crippen molar-refractivity contribution in [1.82, 2.24) is 0 Å². The molecule has 104 valence electrons. The number of rotatable bonds is 9. The molecule has 0 aromatic carbocycles. The van der Waals surface area contributed by atoms with Crippen LogP contribution in [0.4, 0.5) is 0 Å². The van der Waals surface area contributed by atoms with Crippen molar-refractivity contribution in [2.45, 2.75) is 79.6 Å². The Bertz CT molecular complexity index is 308. The van der Waals surface area contributed by atoms with Crippen LogP contribution in [0.5, 0.6) is 0 Å². The monoisotopic (exact) mass is 250 g/mol. The summed E-state index contributed by atoms with van der Waals surface area (Å²) < 4.78 is 0. The Labute approximate surface area is 113 Å². The fourth-order valence-electron chi connectivity index (χ4n) is 2.06. The first-order valence-corrected chi connectivity index (χ1v) is 7.34. The fraction of sp³-hybridized carbons (Fsp3) is 0.706.